The van der Waals surface area contributed by atoms with Crippen LogP contribution in [0.4, 0.5) is 0 Å². The van der Waals surface area contributed by atoms with Crippen LogP contribution in [0.15, 0.2) is 30.3 Å². The molecule has 76 valence electrons. The first-order chi connectivity index (χ1) is 7.11. The minimum atomic E-state index is -1.32. The molecular formula is C11H8NNaO3. The van der Waals surface area contributed by atoms with Crippen molar-refractivity contribution in [2.75, 3.05) is 0 Å². The topological polar surface area (TPSA) is 84.2 Å². The zero-order chi connectivity index (χ0) is 11.0. The molecule has 16 heavy (non-hydrogen) atoms. The van der Waals surface area contributed by atoms with Gasteiger partial charge in [0, 0.05) is 17.4 Å². The number of allylic oxidation sites excluding steroid dienone is 1. The fourth-order valence-corrected chi connectivity index (χ4v) is 1.71. The molecule has 0 heterocycles. The van der Waals surface area contributed by atoms with Gasteiger partial charge < -0.3 is 20.4 Å². The number of aliphatic hydroxyl groups is 1. The number of carboxylic acid groups (broad SMARTS) is 1. The number of benzene rings is 1. The Bertz CT molecular complexity index is 482. The quantitative estimate of drug-likeness (QED) is 0.516. The van der Waals surface area contributed by atoms with Gasteiger partial charge in [0.05, 0.1) is 11.9 Å². The zero-order valence-electron chi connectivity index (χ0n) is 8.73. The summed E-state index contributed by atoms with van der Waals surface area (Å²) in [7, 11) is 0. The number of hydrogen-bond acceptors (Lipinski definition) is 4. The van der Waals surface area contributed by atoms with Gasteiger partial charge in [-0.05, 0) is 5.56 Å². The van der Waals surface area contributed by atoms with Crippen molar-refractivity contribution < 1.29 is 44.6 Å². The molecule has 0 saturated carbocycles. The molecule has 2 rings (SSSR count). The third kappa shape index (κ3) is 2.04. The van der Waals surface area contributed by atoms with Gasteiger partial charge in [-0.25, -0.2) is 0 Å². The Morgan fingerprint density at radius 3 is 2.62 bits per heavy atom. The summed E-state index contributed by atoms with van der Waals surface area (Å²) in [5.74, 6) is -2.48. The van der Waals surface area contributed by atoms with Crippen molar-refractivity contribution in [2.45, 2.75) is 5.92 Å². The third-order valence-electron chi connectivity index (χ3n) is 2.39. The molecule has 0 amide bonds. The van der Waals surface area contributed by atoms with Crippen molar-refractivity contribution in [3.05, 3.63) is 41.5 Å². The molecular weight excluding hydrogens is 217 g/mol. The number of hydrogen-bond donors (Lipinski definition) is 2. The molecule has 1 aliphatic rings. The molecule has 0 fully saturated rings. The van der Waals surface area contributed by atoms with Crippen LogP contribution in [-0.4, -0.2) is 16.8 Å². The van der Waals surface area contributed by atoms with E-state index < -0.39 is 11.9 Å². The Hall–Kier alpha value is -1.10. The molecule has 2 N–H and O–H groups in total. The second kappa shape index (κ2) is 4.82. The number of carbonyl (C=O) groups is 1. The Labute approximate surface area is 114 Å². The number of rotatable bonds is 1. The molecule has 0 radical (unpaired) electrons. The Morgan fingerprint density at radius 2 is 2.00 bits per heavy atom. The maximum absolute atomic E-state index is 10.9. The van der Waals surface area contributed by atoms with E-state index >= 15 is 0 Å². The van der Waals surface area contributed by atoms with E-state index in [0.29, 0.717) is 11.1 Å². The minimum absolute atomic E-state index is 0. The van der Waals surface area contributed by atoms with Crippen LogP contribution >= 0.6 is 0 Å². The predicted octanol–water partition coefficient (Wildman–Crippen LogP) is -2.54. The number of fused-ring (bicyclic) bond motifs is 1. The van der Waals surface area contributed by atoms with Crippen molar-refractivity contribution in [3.8, 4) is 0 Å². The summed E-state index contributed by atoms with van der Waals surface area (Å²) < 4.78 is 0. The smallest absolute Gasteiger partial charge is 0.549 e. The second-order valence-corrected chi connectivity index (χ2v) is 3.32. The van der Waals surface area contributed by atoms with E-state index in [0.717, 1.165) is 6.08 Å². The van der Waals surface area contributed by atoms with Crippen LogP contribution in [0.3, 0.4) is 0 Å². The second-order valence-electron chi connectivity index (χ2n) is 3.32. The fourth-order valence-electron chi connectivity index (χ4n) is 1.71. The van der Waals surface area contributed by atoms with E-state index in [9.17, 15) is 15.0 Å². The van der Waals surface area contributed by atoms with E-state index in [2.05, 4.69) is 0 Å². The van der Waals surface area contributed by atoms with Crippen LogP contribution in [0.1, 0.15) is 17.0 Å². The summed E-state index contributed by atoms with van der Waals surface area (Å²) in [5, 5.41) is 27.9. The van der Waals surface area contributed by atoms with Crippen molar-refractivity contribution in [2.24, 2.45) is 0 Å². The maximum Gasteiger partial charge on any atom is 1.00 e. The average Bonchev–Trinajstić information content (AvgIpc) is 2.17. The van der Waals surface area contributed by atoms with Crippen molar-refractivity contribution in [1.82, 2.24) is 0 Å². The molecule has 1 aliphatic carbocycles. The molecule has 4 nitrogen and oxygen atoms in total. The summed E-state index contributed by atoms with van der Waals surface area (Å²) in [6.07, 6.45) is 1.14. The molecule has 1 aromatic carbocycles. The van der Waals surface area contributed by atoms with Gasteiger partial charge in [0.15, 0.2) is 0 Å². The van der Waals surface area contributed by atoms with Gasteiger partial charge in [-0.2, -0.15) is 0 Å². The minimum Gasteiger partial charge on any atom is -0.549 e. The van der Waals surface area contributed by atoms with Gasteiger partial charge in [-0.15, -0.1) is 0 Å². The summed E-state index contributed by atoms with van der Waals surface area (Å²) in [4.78, 5) is 10.9. The monoisotopic (exact) mass is 225 g/mol. The molecule has 0 aliphatic heterocycles. The molecule has 0 aromatic heterocycles. The van der Waals surface area contributed by atoms with Gasteiger partial charge in [0.25, 0.3) is 0 Å². The summed E-state index contributed by atoms with van der Waals surface area (Å²) >= 11 is 0. The van der Waals surface area contributed by atoms with Crippen LogP contribution < -0.4 is 34.7 Å². The predicted molar refractivity (Wildman–Crippen MR) is 52.5 cm³/mol. The van der Waals surface area contributed by atoms with Crippen molar-refractivity contribution in [1.29, 1.82) is 5.41 Å². The largest absolute Gasteiger partial charge is 1.00 e. The summed E-state index contributed by atoms with van der Waals surface area (Å²) in [5.41, 5.74) is 0.691. The van der Waals surface area contributed by atoms with E-state index in [1.54, 1.807) is 24.3 Å². The number of nitrogens with one attached hydrogen (secondary N) is 1. The number of carbonyl (C=O) groups excluding carboxylic acids is 1. The zero-order valence-corrected chi connectivity index (χ0v) is 10.7. The first-order valence-corrected chi connectivity index (χ1v) is 4.40. The molecule has 0 saturated heterocycles. The van der Waals surface area contributed by atoms with E-state index in [1.165, 1.54) is 0 Å². The van der Waals surface area contributed by atoms with Gasteiger partial charge in [-0.3, -0.25) is 0 Å². The van der Waals surface area contributed by atoms with Crippen LogP contribution in [-0.2, 0) is 4.79 Å². The Balaban J connectivity index is 0.00000128. The average molecular weight is 225 g/mol. The van der Waals surface area contributed by atoms with Crippen molar-refractivity contribution >= 4 is 17.4 Å². The first-order valence-electron chi connectivity index (χ1n) is 4.40. The van der Waals surface area contributed by atoms with Gasteiger partial charge >= 0.3 is 29.6 Å². The number of aliphatic carboxylic acids is 1. The standard InChI is InChI=1S/C11H9NO3.Na/c12-8-5-9(13)6-3-1-2-4-7(6)10(8)11(14)15;/h1-5,10,12-13H,(H,14,15);/q;+1/p-1. The molecule has 5 heteroatoms. The van der Waals surface area contributed by atoms with Gasteiger partial charge in [-0.1, -0.05) is 24.3 Å². The maximum atomic E-state index is 10.9. The molecule has 0 spiro atoms. The Kier molecular flexibility index (Phi) is 3.91. The van der Waals surface area contributed by atoms with Crippen LogP contribution in [0.2, 0.25) is 0 Å². The molecule has 1 aromatic rings. The van der Waals surface area contributed by atoms with Gasteiger partial charge in [0.2, 0.25) is 0 Å². The summed E-state index contributed by atoms with van der Waals surface area (Å²) in [6.45, 7) is 0. The van der Waals surface area contributed by atoms with E-state index in [4.69, 9.17) is 5.41 Å². The normalized spacial score (nSPS) is 18.1. The van der Waals surface area contributed by atoms with Crippen molar-refractivity contribution in [3.63, 3.8) is 0 Å². The van der Waals surface area contributed by atoms with Crippen LogP contribution in [0, 0.1) is 5.41 Å². The SMILES string of the molecule is N=C1C=C(O)c2ccccc2C1C(=O)[O-].[Na+]. The molecule has 1 atom stereocenters. The summed E-state index contributed by atoms with van der Waals surface area (Å²) in [6, 6.07) is 6.56. The van der Waals surface area contributed by atoms with E-state index in [-0.39, 0.29) is 41.0 Å². The Morgan fingerprint density at radius 1 is 1.38 bits per heavy atom. The number of aliphatic hydroxyl groups excluding tert-OH is 1. The molecule has 0 bridgehead atoms. The third-order valence-corrected chi connectivity index (χ3v) is 2.39. The fraction of sp³-hybridized carbons (Fsp3) is 0.0909. The van der Waals surface area contributed by atoms with Crippen LogP contribution in [0.25, 0.3) is 5.76 Å². The van der Waals surface area contributed by atoms with Gasteiger partial charge in [0.1, 0.15) is 5.76 Å². The van der Waals surface area contributed by atoms with E-state index in [1.807, 2.05) is 0 Å². The molecule has 1 unspecified atom stereocenters. The van der Waals surface area contributed by atoms with Crippen LogP contribution in [0.5, 0.6) is 0 Å². The number of carboxylic acids is 1. The first kappa shape index (κ1) is 13.0.